The number of pyridine rings is 1. The number of hydrogen-bond donors (Lipinski definition) is 0. The van der Waals surface area contributed by atoms with Gasteiger partial charge in [0.05, 0.1) is 16.9 Å². The molecule has 0 aliphatic carbocycles. The molecule has 75 heavy (non-hydrogen) atoms. The van der Waals surface area contributed by atoms with Gasteiger partial charge in [-0.1, -0.05) is 175 Å². The van der Waals surface area contributed by atoms with E-state index in [1.807, 2.05) is 37.4 Å². The Bertz CT molecular complexity index is 4260. The predicted octanol–water partition coefficient (Wildman–Crippen LogP) is 18.5. The van der Waals surface area contributed by atoms with E-state index < -0.39 is 19.2 Å². The third kappa shape index (κ3) is 9.47. The van der Waals surface area contributed by atoms with Crippen LogP contribution in [0.1, 0.15) is 26.7 Å². The van der Waals surface area contributed by atoms with Crippen molar-refractivity contribution in [3.05, 3.63) is 242 Å². The van der Waals surface area contributed by atoms with Crippen LogP contribution in [0.5, 0.6) is 0 Å². The number of imidazole rings is 1. The third-order valence-electron chi connectivity index (χ3n) is 14.0. The van der Waals surface area contributed by atoms with Crippen molar-refractivity contribution in [3.8, 4) is 61.7 Å². The Morgan fingerprint density at radius 1 is 0.587 bits per heavy atom. The van der Waals surface area contributed by atoms with Crippen molar-refractivity contribution in [3.63, 3.8) is 0 Å². The summed E-state index contributed by atoms with van der Waals surface area (Å²) < 4.78 is 27.6. The van der Waals surface area contributed by atoms with Crippen molar-refractivity contribution < 1.29 is 25.9 Å². The number of halogens is 1. The first-order valence-electron chi connectivity index (χ1n) is 25.6. The summed E-state index contributed by atoms with van der Waals surface area (Å²) in [6, 6.07) is 80.6. The molecule has 7 heteroatoms. The first kappa shape index (κ1) is 48.6. The van der Waals surface area contributed by atoms with Crippen LogP contribution in [0.3, 0.4) is 0 Å². The standard InChI is InChI=1S/C51H31N2S.C17H21FGeN.Ir/c1-4-15-33(16-5-1)36-27-29-38(35-19-8-3-9-20-35)46(31-36)53-49-43-24-13-11-22-40(43)39-21-10-12-23-42(39)48(49)52-51(53)45-26-14-25-44-41-30-28-37(32-47(41)54-50(44)45)34-17-6-2-7-18-34;1-12(2)15-10-17(13-6-8-14(18)9-7-13)20-11-16(15)19(3,4)5;/h1-25,27-32H;6,8-12H,1-5H3;/q2*-1;/i;12D;. The number of thiophene rings is 1. The van der Waals surface area contributed by atoms with Gasteiger partial charge in [0.15, 0.2) is 0 Å². The van der Waals surface area contributed by atoms with E-state index in [9.17, 15) is 4.39 Å². The molecule has 1 radical (unpaired) electrons. The zero-order chi connectivity index (χ0) is 51.4. The van der Waals surface area contributed by atoms with Crippen molar-refractivity contribution in [2.24, 2.45) is 0 Å². The Balaban J connectivity index is 0.000000237. The Morgan fingerprint density at radius 3 is 1.83 bits per heavy atom. The maximum Gasteiger partial charge on any atom is 0.0859 e. The molecular formula is C68H52FGeIrN3S-2. The molecule has 13 aromatic rings. The topological polar surface area (TPSA) is 30.7 Å². The molecule has 367 valence electrons. The second kappa shape index (κ2) is 20.8. The molecule has 10 aromatic carbocycles. The van der Waals surface area contributed by atoms with Gasteiger partial charge >= 0.3 is 125 Å². The number of fused-ring (bicyclic) bond motifs is 9. The minimum Gasteiger partial charge on any atom is -0.332 e. The molecule has 0 saturated carbocycles. The number of nitrogens with zero attached hydrogens (tertiary/aromatic N) is 3. The number of aromatic nitrogens is 3. The first-order chi connectivity index (χ1) is 36.4. The average Bonchev–Trinajstić information content (AvgIpc) is 4.07. The SMILES string of the molecule is [2H]C(C)(C)c1cc(-c2[c-]cc(F)cc2)nc[c]1[Ge]([CH3])([CH3])[CH3].[Ir].[c-]1ccc2c(sc3cc(-c4ccccc4)ccc32)c1-c1nc2c3ccccc3c3ccccc3c2n1-c1cc(-c2ccccc2)ccc1-c1ccccc1. The Labute approximate surface area is 459 Å². The van der Waals surface area contributed by atoms with Crippen molar-refractivity contribution in [1.29, 1.82) is 0 Å². The molecule has 0 bridgehead atoms. The number of rotatable bonds is 8. The van der Waals surface area contributed by atoms with Gasteiger partial charge in [0, 0.05) is 46.8 Å². The molecule has 0 unspecified atom stereocenters. The van der Waals surface area contributed by atoms with Crippen LogP contribution in [-0.2, 0) is 20.1 Å². The smallest absolute Gasteiger partial charge is 0.0859 e. The van der Waals surface area contributed by atoms with Crippen LogP contribution < -0.4 is 4.40 Å². The summed E-state index contributed by atoms with van der Waals surface area (Å²) in [4.78, 5) is 10.2. The van der Waals surface area contributed by atoms with Gasteiger partial charge in [0.2, 0.25) is 0 Å². The summed E-state index contributed by atoms with van der Waals surface area (Å²) in [5.74, 6) is 6.81. The largest absolute Gasteiger partial charge is 0.332 e. The van der Waals surface area contributed by atoms with Gasteiger partial charge in [-0.3, -0.25) is 4.98 Å². The van der Waals surface area contributed by atoms with Gasteiger partial charge in [0.1, 0.15) is 0 Å². The van der Waals surface area contributed by atoms with E-state index >= 15 is 0 Å². The molecule has 3 aromatic heterocycles. The van der Waals surface area contributed by atoms with Crippen LogP contribution in [-0.4, -0.2) is 27.8 Å². The van der Waals surface area contributed by atoms with Crippen LogP contribution in [0.25, 0.3) is 114 Å². The maximum absolute atomic E-state index is 13.0. The van der Waals surface area contributed by atoms with E-state index in [1.165, 1.54) is 69.5 Å². The molecule has 0 aliphatic rings. The Kier molecular flexibility index (Phi) is 13.5. The third-order valence-corrected chi connectivity index (χ3v) is 19.4. The van der Waals surface area contributed by atoms with E-state index in [4.69, 9.17) is 6.35 Å². The minimum atomic E-state index is -2.10. The fraction of sp³-hybridized carbons (Fsp3) is 0.0882. The summed E-state index contributed by atoms with van der Waals surface area (Å²) in [6.45, 7) is 3.80. The molecule has 0 N–H and O–H groups in total. The molecule has 0 saturated heterocycles. The molecule has 0 spiro atoms. The normalized spacial score (nSPS) is 11.9. The molecular weight excluding hydrogens is 1170 g/mol. The molecule has 13 rings (SSSR count). The van der Waals surface area contributed by atoms with Crippen molar-refractivity contribution in [2.75, 3.05) is 0 Å². The van der Waals surface area contributed by atoms with Crippen molar-refractivity contribution >= 4 is 81.7 Å². The fourth-order valence-electron chi connectivity index (χ4n) is 10.4. The van der Waals surface area contributed by atoms with Gasteiger partial charge in [-0.25, -0.2) is 0 Å². The van der Waals surface area contributed by atoms with Crippen LogP contribution in [0.15, 0.2) is 219 Å². The van der Waals surface area contributed by atoms with E-state index in [0.717, 1.165) is 67.0 Å². The van der Waals surface area contributed by atoms with E-state index in [2.05, 4.69) is 227 Å². The molecule has 0 atom stereocenters. The average molecular weight is 1230 g/mol. The van der Waals surface area contributed by atoms with Crippen LogP contribution >= 0.6 is 11.3 Å². The van der Waals surface area contributed by atoms with Gasteiger partial charge < -0.3 is 4.57 Å². The van der Waals surface area contributed by atoms with Crippen LogP contribution in [0.4, 0.5) is 4.39 Å². The summed E-state index contributed by atoms with van der Waals surface area (Å²) >= 11 is -0.268. The molecule has 0 aliphatic heterocycles. The van der Waals surface area contributed by atoms with E-state index in [0.29, 0.717) is 0 Å². The summed E-state index contributed by atoms with van der Waals surface area (Å²) in [6.07, 6.45) is 1.91. The zero-order valence-electron chi connectivity index (χ0n) is 43.2. The summed E-state index contributed by atoms with van der Waals surface area (Å²) in [5, 5.41) is 7.20. The van der Waals surface area contributed by atoms with Gasteiger partial charge in [-0.05, 0) is 60.8 Å². The van der Waals surface area contributed by atoms with Gasteiger partial charge in [-0.15, -0.1) is 18.2 Å². The molecule has 3 nitrogen and oxygen atoms in total. The van der Waals surface area contributed by atoms with Crippen molar-refractivity contribution in [1.82, 2.24) is 14.5 Å². The fourth-order valence-corrected chi connectivity index (χ4v) is 14.9. The van der Waals surface area contributed by atoms with Crippen LogP contribution in [0.2, 0.25) is 17.3 Å². The number of benzene rings is 10. The zero-order valence-corrected chi connectivity index (χ0v) is 47.6. The maximum atomic E-state index is 13.0. The van der Waals surface area contributed by atoms with E-state index in [1.54, 1.807) is 6.07 Å². The van der Waals surface area contributed by atoms with Crippen LogP contribution in [0, 0.1) is 17.9 Å². The Morgan fingerprint density at radius 2 is 1.19 bits per heavy atom. The van der Waals surface area contributed by atoms with E-state index in [-0.39, 0.29) is 25.9 Å². The van der Waals surface area contributed by atoms with Crippen molar-refractivity contribution in [2.45, 2.75) is 37.0 Å². The predicted molar refractivity (Wildman–Crippen MR) is 315 cm³/mol. The summed E-state index contributed by atoms with van der Waals surface area (Å²) in [7, 11) is 0. The monoisotopic (exact) mass is 1230 g/mol. The molecule has 3 heterocycles. The van der Waals surface area contributed by atoms with Gasteiger partial charge in [0.25, 0.3) is 0 Å². The molecule has 0 amide bonds. The second-order valence-corrected chi connectivity index (χ2v) is 31.7. The number of hydrogen-bond acceptors (Lipinski definition) is 3. The quantitative estimate of drug-likeness (QED) is 0.0862. The minimum absolute atomic E-state index is 0. The first-order valence-corrected chi connectivity index (χ1v) is 33.2. The summed E-state index contributed by atoms with van der Waals surface area (Å²) in [5.41, 5.74) is 13.8. The second-order valence-electron chi connectivity index (χ2n) is 20.1. The molecule has 0 fully saturated rings. The Hall–Kier alpha value is -7.32. The van der Waals surface area contributed by atoms with Gasteiger partial charge in [-0.2, -0.15) is 11.3 Å².